The van der Waals surface area contributed by atoms with Crippen LogP contribution in [0.15, 0.2) is 24.5 Å². The van der Waals surface area contributed by atoms with Crippen LogP contribution in [0, 0.1) is 24.1 Å². The van der Waals surface area contributed by atoms with Crippen LogP contribution >= 0.6 is 11.6 Å². The Labute approximate surface area is 108 Å². The van der Waals surface area contributed by atoms with E-state index < -0.39 is 5.82 Å². The number of rotatable bonds is 2. The second-order valence-electron chi connectivity index (χ2n) is 3.57. The molecule has 18 heavy (non-hydrogen) atoms. The summed E-state index contributed by atoms with van der Waals surface area (Å²) in [4.78, 5) is 7.86. The fraction of sp³-hybridized carbons (Fsp3) is 0.0833. The van der Waals surface area contributed by atoms with E-state index in [4.69, 9.17) is 16.9 Å². The fourth-order valence-corrected chi connectivity index (χ4v) is 1.51. The zero-order valence-corrected chi connectivity index (χ0v) is 10.2. The minimum Gasteiger partial charge on any atom is -0.340 e. The SMILES string of the molecule is Cc1c(Cl)ncnc1Nc1ccc(F)c(C#N)c1. The Morgan fingerprint density at radius 2 is 2.17 bits per heavy atom. The first kappa shape index (κ1) is 12.3. The minimum absolute atomic E-state index is 0.0298. The summed E-state index contributed by atoms with van der Waals surface area (Å²) in [5.74, 6) is -0.0361. The lowest BCUT2D eigenvalue weighted by Gasteiger charge is -2.09. The summed E-state index contributed by atoms with van der Waals surface area (Å²) >= 11 is 5.86. The number of aromatic nitrogens is 2. The molecule has 0 amide bonds. The Morgan fingerprint density at radius 3 is 2.89 bits per heavy atom. The largest absolute Gasteiger partial charge is 0.340 e. The molecule has 4 nitrogen and oxygen atoms in total. The van der Waals surface area contributed by atoms with Gasteiger partial charge in [-0.3, -0.25) is 0 Å². The number of nitriles is 1. The second-order valence-corrected chi connectivity index (χ2v) is 3.93. The van der Waals surface area contributed by atoms with Crippen LogP contribution in [0.25, 0.3) is 0 Å². The maximum absolute atomic E-state index is 13.2. The Bertz CT molecular complexity index is 636. The van der Waals surface area contributed by atoms with Gasteiger partial charge in [-0.05, 0) is 25.1 Å². The molecule has 0 saturated heterocycles. The smallest absolute Gasteiger partial charge is 0.141 e. The van der Waals surface area contributed by atoms with E-state index >= 15 is 0 Å². The standard InChI is InChI=1S/C12H8ClFN4/c1-7-11(13)16-6-17-12(7)18-9-2-3-10(14)8(4-9)5-15/h2-4,6H,1H3,(H,16,17,18). The van der Waals surface area contributed by atoms with Crippen LogP contribution in [0.5, 0.6) is 0 Å². The normalized spacial score (nSPS) is 9.89. The fourth-order valence-electron chi connectivity index (χ4n) is 1.38. The van der Waals surface area contributed by atoms with E-state index in [2.05, 4.69) is 15.3 Å². The van der Waals surface area contributed by atoms with Crippen molar-refractivity contribution in [3.63, 3.8) is 0 Å². The highest BCUT2D eigenvalue weighted by molar-refractivity contribution is 6.30. The second kappa shape index (κ2) is 4.98. The van der Waals surface area contributed by atoms with Crippen LogP contribution in [0.4, 0.5) is 15.9 Å². The highest BCUT2D eigenvalue weighted by Gasteiger charge is 2.07. The van der Waals surface area contributed by atoms with Gasteiger partial charge in [0.15, 0.2) is 0 Å². The third-order valence-electron chi connectivity index (χ3n) is 2.37. The third kappa shape index (κ3) is 2.39. The molecule has 6 heteroatoms. The number of nitrogens with zero attached hydrogens (tertiary/aromatic N) is 3. The number of nitrogens with one attached hydrogen (secondary N) is 1. The van der Waals surface area contributed by atoms with Gasteiger partial charge in [-0.1, -0.05) is 11.6 Å². The Kier molecular flexibility index (Phi) is 3.40. The molecule has 0 aliphatic carbocycles. The van der Waals surface area contributed by atoms with Crippen LogP contribution in [-0.4, -0.2) is 9.97 Å². The van der Waals surface area contributed by atoms with Gasteiger partial charge in [-0.2, -0.15) is 5.26 Å². The lowest BCUT2D eigenvalue weighted by molar-refractivity contribution is 0.624. The van der Waals surface area contributed by atoms with Gasteiger partial charge < -0.3 is 5.32 Å². The number of anilines is 2. The van der Waals surface area contributed by atoms with Gasteiger partial charge in [-0.15, -0.1) is 0 Å². The van der Waals surface area contributed by atoms with Crippen molar-refractivity contribution >= 4 is 23.1 Å². The average molecular weight is 263 g/mol. The quantitative estimate of drug-likeness (QED) is 0.845. The molecule has 0 saturated carbocycles. The summed E-state index contributed by atoms with van der Waals surface area (Å²) in [5, 5.41) is 12.0. The molecule has 2 rings (SSSR count). The minimum atomic E-state index is -0.555. The molecule has 0 fully saturated rings. The highest BCUT2D eigenvalue weighted by Crippen LogP contribution is 2.23. The van der Waals surface area contributed by atoms with Crippen molar-refractivity contribution in [1.82, 2.24) is 9.97 Å². The van der Waals surface area contributed by atoms with Gasteiger partial charge in [0.25, 0.3) is 0 Å². The van der Waals surface area contributed by atoms with Gasteiger partial charge >= 0.3 is 0 Å². The van der Waals surface area contributed by atoms with E-state index in [1.54, 1.807) is 13.0 Å². The van der Waals surface area contributed by atoms with Crippen molar-refractivity contribution in [1.29, 1.82) is 5.26 Å². The molecule has 0 spiro atoms. The van der Waals surface area contributed by atoms with E-state index in [0.29, 0.717) is 22.2 Å². The molecule has 1 N–H and O–H groups in total. The first-order valence-electron chi connectivity index (χ1n) is 5.05. The number of halogens is 2. The molecule has 0 aliphatic rings. The maximum Gasteiger partial charge on any atom is 0.141 e. The molecule has 0 radical (unpaired) electrons. The molecular weight excluding hydrogens is 255 g/mol. The van der Waals surface area contributed by atoms with Gasteiger partial charge in [0.2, 0.25) is 0 Å². The van der Waals surface area contributed by atoms with Gasteiger partial charge in [0.1, 0.15) is 29.2 Å². The lowest BCUT2D eigenvalue weighted by Crippen LogP contribution is -1.99. The van der Waals surface area contributed by atoms with E-state index in [1.165, 1.54) is 24.5 Å². The summed E-state index contributed by atoms with van der Waals surface area (Å²) < 4.78 is 13.2. The van der Waals surface area contributed by atoms with Crippen LogP contribution in [0.2, 0.25) is 5.15 Å². The van der Waals surface area contributed by atoms with Crippen LogP contribution < -0.4 is 5.32 Å². The highest BCUT2D eigenvalue weighted by atomic mass is 35.5. The summed E-state index contributed by atoms with van der Waals surface area (Å²) in [6.07, 6.45) is 1.33. The maximum atomic E-state index is 13.2. The van der Waals surface area contributed by atoms with Crippen LogP contribution in [-0.2, 0) is 0 Å². The van der Waals surface area contributed by atoms with E-state index in [9.17, 15) is 4.39 Å². The average Bonchev–Trinajstić information content (AvgIpc) is 2.37. The third-order valence-corrected chi connectivity index (χ3v) is 2.75. The lowest BCUT2D eigenvalue weighted by atomic mass is 10.2. The van der Waals surface area contributed by atoms with Crippen LogP contribution in [0.3, 0.4) is 0 Å². The first-order valence-corrected chi connectivity index (χ1v) is 5.43. The number of benzene rings is 1. The molecule has 0 unspecified atom stereocenters. The predicted molar refractivity (Wildman–Crippen MR) is 66.2 cm³/mol. The van der Waals surface area contributed by atoms with E-state index in [1.807, 2.05) is 0 Å². The molecule has 1 aromatic heterocycles. The van der Waals surface area contributed by atoms with E-state index in [-0.39, 0.29) is 5.56 Å². The molecule has 0 bridgehead atoms. The summed E-state index contributed by atoms with van der Waals surface area (Å²) in [6, 6.07) is 5.92. The molecular formula is C12H8ClFN4. The molecule has 90 valence electrons. The zero-order valence-electron chi connectivity index (χ0n) is 9.41. The number of hydrogen-bond donors (Lipinski definition) is 1. The molecule has 0 atom stereocenters. The summed E-state index contributed by atoms with van der Waals surface area (Å²) in [6.45, 7) is 1.76. The Balaban J connectivity index is 2.35. The van der Waals surface area contributed by atoms with Crippen molar-refractivity contribution in [2.75, 3.05) is 5.32 Å². The first-order chi connectivity index (χ1) is 8.61. The zero-order chi connectivity index (χ0) is 13.1. The van der Waals surface area contributed by atoms with Crippen molar-refractivity contribution in [3.05, 3.63) is 46.6 Å². The van der Waals surface area contributed by atoms with E-state index in [0.717, 1.165) is 0 Å². The van der Waals surface area contributed by atoms with Gasteiger partial charge in [-0.25, -0.2) is 14.4 Å². The molecule has 0 aliphatic heterocycles. The molecule has 1 aromatic carbocycles. The number of hydrogen-bond acceptors (Lipinski definition) is 4. The van der Waals surface area contributed by atoms with Crippen molar-refractivity contribution < 1.29 is 4.39 Å². The van der Waals surface area contributed by atoms with Gasteiger partial charge in [0.05, 0.1) is 5.56 Å². The molecule has 1 heterocycles. The Morgan fingerprint density at radius 1 is 1.39 bits per heavy atom. The summed E-state index contributed by atoms with van der Waals surface area (Å²) in [7, 11) is 0. The monoisotopic (exact) mass is 262 g/mol. The van der Waals surface area contributed by atoms with Crippen molar-refractivity contribution in [2.45, 2.75) is 6.92 Å². The topological polar surface area (TPSA) is 61.6 Å². The summed E-state index contributed by atoms with van der Waals surface area (Å²) in [5.41, 5.74) is 1.21. The molecule has 2 aromatic rings. The van der Waals surface area contributed by atoms with Crippen LogP contribution in [0.1, 0.15) is 11.1 Å². The predicted octanol–water partition coefficient (Wildman–Crippen LogP) is 3.19. The van der Waals surface area contributed by atoms with Crippen molar-refractivity contribution in [2.24, 2.45) is 0 Å². The Hall–Kier alpha value is -2.19. The van der Waals surface area contributed by atoms with Crippen molar-refractivity contribution in [3.8, 4) is 6.07 Å². The van der Waals surface area contributed by atoms with Gasteiger partial charge in [0, 0.05) is 11.3 Å².